The molecule has 1 aliphatic heterocycles. The first kappa shape index (κ1) is 13.0. The van der Waals surface area contributed by atoms with Crippen molar-refractivity contribution in [2.24, 2.45) is 5.73 Å². The number of anilines is 1. The van der Waals surface area contributed by atoms with E-state index in [0.29, 0.717) is 12.2 Å². The lowest BCUT2D eigenvalue weighted by molar-refractivity contribution is -0.127. The number of nitrogens with zero attached hydrogens (tertiary/aromatic N) is 1. The van der Waals surface area contributed by atoms with Gasteiger partial charge in [-0.05, 0) is 25.0 Å². The van der Waals surface area contributed by atoms with Gasteiger partial charge in [0.1, 0.15) is 11.1 Å². The molecule has 1 unspecified atom stereocenters. The number of benzene rings is 1. The number of ether oxygens (including phenoxy) is 1. The number of likely N-dealkylation sites (N-methyl/N-ethyl adjacent to an activating group) is 1. The molecule has 1 saturated heterocycles. The molecular weight excluding hydrogens is 248 g/mol. The molecular formula is C13H16N2O2S. The predicted molar refractivity (Wildman–Crippen MR) is 74.7 cm³/mol. The molecule has 18 heavy (non-hydrogen) atoms. The number of carbonyl (C=O) groups excluding carboxylic acids is 1. The van der Waals surface area contributed by atoms with Gasteiger partial charge in [0.2, 0.25) is 0 Å². The van der Waals surface area contributed by atoms with E-state index in [-0.39, 0.29) is 17.0 Å². The standard InChI is InChI=1S/C13H16N2O2S/c1-15(13(16)11-7-4-8-17-11)10-6-3-2-5-9(10)12(14)18/h2-3,5-6,11H,4,7-8H2,1H3,(H2,14,18). The van der Waals surface area contributed by atoms with Gasteiger partial charge in [-0.2, -0.15) is 0 Å². The van der Waals surface area contributed by atoms with E-state index >= 15 is 0 Å². The van der Waals surface area contributed by atoms with Gasteiger partial charge in [-0.3, -0.25) is 4.79 Å². The molecule has 2 rings (SSSR count). The van der Waals surface area contributed by atoms with Crippen molar-refractivity contribution in [1.82, 2.24) is 0 Å². The number of amides is 1. The summed E-state index contributed by atoms with van der Waals surface area (Å²) in [6, 6.07) is 7.36. The first-order valence-electron chi connectivity index (χ1n) is 5.89. The average Bonchev–Trinajstić information content (AvgIpc) is 2.90. The fraction of sp³-hybridized carbons (Fsp3) is 0.385. The summed E-state index contributed by atoms with van der Waals surface area (Å²) in [5, 5.41) is 0. The van der Waals surface area contributed by atoms with Crippen molar-refractivity contribution in [3.63, 3.8) is 0 Å². The zero-order valence-electron chi connectivity index (χ0n) is 10.3. The van der Waals surface area contributed by atoms with Crippen LogP contribution in [0.15, 0.2) is 24.3 Å². The second-order valence-corrected chi connectivity index (χ2v) is 4.72. The van der Waals surface area contributed by atoms with Crippen LogP contribution in [-0.2, 0) is 9.53 Å². The van der Waals surface area contributed by atoms with Gasteiger partial charge in [0.05, 0.1) is 5.69 Å². The van der Waals surface area contributed by atoms with Crippen molar-refractivity contribution in [3.05, 3.63) is 29.8 Å². The van der Waals surface area contributed by atoms with E-state index < -0.39 is 0 Å². The maximum absolute atomic E-state index is 12.2. The van der Waals surface area contributed by atoms with Crippen molar-refractivity contribution in [3.8, 4) is 0 Å². The molecule has 0 bridgehead atoms. The van der Waals surface area contributed by atoms with Crippen molar-refractivity contribution in [2.75, 3.05) is 18.6 Å². The third-order valence-electron chi connectivity index (χ3n) is 3.07. The van der Waals surface area contributed by atoms with Gasteiger partial charge in [0.25, 0.3) is 5.91 Å². The highest BCUT2D eigenvalue weighted by atomic mass is 32.1. The topological polar surface area (TPSA) is 55.6 Å². The molecule has 0 aliphatic carbocycles. The van der Waals surface area contributed by atoms with Crippen LogP contribution in [0.1, 0.15) is 18.4 Å². The predicted octanol–water partition coefficient (Wildman–Crippen LogP) is 1.46. The number of thiocarbonyl (C=S) groups is 1. The summed E-state index contributed by atoms with van der Waals surface area (Å²) < 4.78 is 5.40. The average molecular weight is 264 g/mol. The summed E-state index contributed by atoms with van der Waals surface area (Å²) in [6.07, 6.45) is 1.37. The number of hydrogen-bond acceptors (Lipinski definition) is 3. The van der Waals surface area contributed by atoms with Crippen LogP contribution in [0, 0.1) is 0 Å². The molecule has 5 heteroatoms. The van der Waals surface area contributed by atoms with Crippen LogP contribution >= 0.6 is 12.2 Å². The van der Waals surface area contributed by atoms with Crippen LogP contribution in [0.4, 0.5) is 5.69 Å². The Kier molecular flexibility index (Phi) is 3.93. The second-order valence-electron chi connectivity index (χ2n) is 4.28. The van der Waals surface area contributed by atoms with E-state index in [2.05, 4.69) is 0 Å². The second kappa shape index (κ2) is 5.46. The quantitative estimate of drug-likeness (QED) is 0.840. The molecule has 1 aliphatic rings. The minimum atomic E-state index is -0.339. The normalized spacial score (nSPS) is 18.6. The largest absolute Gasteiger partial charge is 0.389 e. The SMILES string of the molecule is CN(C(=O)C1CCCO1)c1ccccc1C(N)=S. The third-order valence-corrected chi connectivity index (χ3v) is 3.29. The summed E-state index contributed by atoms with van der Waals surface area (Å²) in [6.45, 7) is 0.654. The summed E-state index contributed by atoms with van der Waals surface area (Å²) in [5.74, 6) is -0.0452. The van der Waals surface area contributed by atoms with Gasteiger partial charge in [-0.1, -0.05) is 24.4 Å². The monoisotopic (exact) mass is 264 g/mol. The molecule has 1 aromatic rings. The molecule has 2 N–H and O–H groups in total. The van der Waals surface area contributed by atoms with E-state index in [4.69, 9.17) is 22.7 Å². The molecule has 0 spiro atoms. The Morgan fingerprint density at radius 1 is 1.50 bits per heavy atom. The van der Waals surface area contributed by atoms with E-state index in [1.54, 1.807) is 11.9 Å². The summed E-state index contributed by atoms with van der Waals surface area (Å²) in [4.78, 5) is 14.1. The maximum atomic E-state index is 12.2. The maximum Gasteiger partial charge on any atom is 0.255 e. The van der Waals surface area contributed by atoms with Crippen LogP contribution in [0.25, 0.3) is 0 Å². The summed E-state index contributed by atoms with van der Waals surface area (Å²) in [5.41, 5.74) is 7.11. The third kappa shape index (κ3) is 2.52. The Morgan fingerprint density at radius 2 is 2.22 bits per heavy atom. The minimum Gasteiger partial charge on any atom is -0.389 e. The molecule has 96 valence electrons. The Bertz CT molecular complexity index is 470. The molecule has 0 aromatic heterocycles. The van der Waals surface area contributed by atoms with Gasteiger partial charge in [-0.25, -0.2) is 0 Å². The number of hydrogen-bond donors (Lipinski definition) is 1. The molecule has 1 atom stereocenters. The Balaban J connectivity index is 2.25. The fourth-order valence-electron chi connectivity index (χ4n) is 2.08. The highest BCUT2D eigenvalue weighted by molar-refractivity contribution is 7.80. The molecule has 1 fully saturated rings. The van der Waals surface area contributed by atoms with Crippen LogP contribution in [0.3, 0.4) is 0 Å². The van der Waals surface area contributed by atoms with Crippen LogP contribution in [0.2, 0.25) is 0 Å². The lowest BCUT2D eigenvalue weighted by Crippen LogP contribution is -2.37. The highest BCUT2D eigenvalue weighted by Crippen LogP contribution is 2.22. The minimum absolute atomic E-state index is 0.0452. The molecule has 1 aromatic carbocycles. The number of rotatable bonds is 3. The van der Waals surface area contributed by atoms with E-state index in [0.717, 1.165) is 18.5 Å². The van der Waals surface area contributed by atoms with E-state index in [1.165, 1.54) is 0 Å². The lowest BCUT2D eigenvalue weighted by Gasteiger charge is -2.22. The first-order valence-corrected chi connectivity index (χ1v) is 6.30. The Hall–Kier alpha value is -1.46. The Morgan fingerprint density at radius 3 is 2.83 bits per heavy atom. The van der Waals surface area contributed by atoms with Gasteiger partial charge in [0, 0.05) is 19.2 Å². The van der Waals surface area contributed by atoms with Gasteiger partial charge >= 0.3 is 0 Å². The number of carbonyl (C=O) groups is 1. The van der Waals surface area contributed by atoms with Crippen LogP contribution < -0.4 is 10.6 Å². The van der Waals surface area contributed by atoms with E-state index in [1.807, 2.05) is 24.3 Å². The zero-order valence-corrected chi connectivity index (χ0v) is 11.1. The van der Waals surface area contributed by atoms with Gasteiger partial charge in [0.15, 0.2) is 0 Å². The van der Waals surface area contributed by atoms with Crippen molar-refractivity contribution in [2.45, 2.75) is 18.9 Å². The zero-order chi connectivity index (χ0) is 13.1. The Labute approximate surface area is 112 Å². The summed E-state index contributed by atoms with van der Waals surface area (Å²) in [7, 11) is 1.72. The van der Waals surface area contributed by atoms with Gasteiger partial charge in [-0.15, -0.1) is 0 Å². The number of para-hydroxylation sites is 1. The molecule has 1 amide bonds. The van der Waals surface area contributed by atoms with Crippen LogP contribution in [-0.4, -0.2) is 30.7 Å². The first-order chi connectivity index (χ1) is 8.61. The highest BCUT2D eigenvalue weighted by Gasteiger charge is 2.28. The number of nitrogens with two attached hydrogens (primary N) is 1. The van der Waals surface area contributed by atoms with Gasteiger partial charge < -0.3 is 15.4 Å². The molecule has 0 radical (unpaired) electrons. The van der Waals surface area contributed by atoms with Crippen molar-refractivity contribution >= 4 is 28.8 Å². The van der Waals surface area contributed by atoms with Crippen molar-refractivity contribution < 1.29 is 9.53 Å². The van der Waals surface area contributed by atoms with E-state index in [9.17, 15) is 4.79 Å². The van der Waals surface area contributed by atoms with Crippen molar-refractivity contribution in [1.29, 1.82) is 0 Å². The van der Waals surface area contributed by atoms with Crippen LogP contribution in [0.5, 0.6) is 0 Å². The smallest absolute Gasteiger partial charge is 0.255 e. The fourth-order valence-corrected chi connectivity index (χ4v) is 2.25. The molecule has 0 saturated carbocycles. The molecule has 1 heterocycles. The summed E-state index contributed by atoms with van der Waals surface area (Å²) >= 11 is 5.00. The molecule has 4 nitrogen and oxygen atoms in total. The lowest BCUT2D eigenvalue weighted by atomic mass is 10.1.